The maximum Gasteiger partial charge on any atom is 0.0365 e. The molecule has 1 saturated heterocycles. The van der Waals surface area contributed by atoms with Crippen molar-refractivity contribution in [1.29, 1.82) is 0 Å². The fourth-order valence-electron chi connectivity index (χ4n) is 1.50. The molecule has 1 fully saturated rings. The second kappa shape index (κ2) is 8.99. The average molecular weight is 230 g/mol. The van der Waals surface area contributed by atoms with Crippen LogP contribution in [0.25, 0.3) is 0 Å². The third-order valence-corrected chi connectivity index (χ3v) is 2.52. The molecule has 1 N–H and O–H groups in total. The van der Waals surface area contributed by atoms with E-state index in [4.69, 9.17) is 11.6 Å². The lowest BCUT2D eigenvalue weighted by Crippen LogP contribution is -2.41. The first kappa shape index (κ1) is 14.7. The maximum atomic E-state index is 5.99. The Morgan fingerprint density at radius 2 is 2.00 bits per heavy atom. The molecule has 0 amide bonds. The van der Waals surface area contributed by atoms with Crippen molar-refractivity contribution in [2.75, 3.05) is 13.1 Å². The first-order valence-corrected chi connectivity index (χ1v) is 6.33. The van der Waals surface area contributed by atoms with Crippen molar-refractivity contribution in [1.82, 2.24) is 5.32 Å². The monoisotopic (exact) mass is 229 g/mol. The Morgan fingerprint density at radius 1 is 1.40 bits per heavy atom. The van der Waals surface area contributed by atoms with E-state index >= 15 is 0 Å². The Bertz CT molecular complexity index is 215. The van der Waals surface area contributed by atoms with Crippen LogP contribution in [0, 0.1) is 5.92 Å². The Balaban J connectivity index is 0.000000921. The largest absolute Gasteiger partial charge is 0.316 e. The van der Waals surface area contributed by atoms with Gasteiger partial charge < -0.3 is 5.32 Å². The highest BCUT2D eigenvalue weighted by Gasteiger charge is 2.16. The number of hydrogen-bond acceptors (Lipinski definition) is 1. The average Bonchev–Trinajstić information content (AvgIpc) is 2.15. The van der Waals surface area contributed by atoms with Gasteiger partial charge in [-0.1, -0.05) is 44.0 Å². The molecule has 0 radical (unpaired) electrons. The highest BCUT2D eigenvalue weighted by molar-refractivity contribution is 6.31. The molecule has 0 bridgehead atoms. The quantitative estimate of drug-likeness (QED) is 0.716. The number of allylic oxidation sites excluding steroid dienone is 4. The van der Waals surface area contributed by atoms with Gasteiger partial charge in [-0.05, 0) is 44.8 Å². The van der Waals surface area contributed by atoms with E-state index in [-0.39, 0.29) is 0 Å². The van der Waals surface area contributed by atoms with Crippen LogP contribution in [0.4, 0.5) is 0 Å². The zero-order chi connectivity index (χ0) is 11.7. The number of rotatable bonds is 4. The maximum absolute atomic E-state index is 5.99. The van der Waals surface area contributed by atoms with Crippen LogP contribution in [0.5, 0.6) is 0 Å². The third kappa shape index (κ3) is 6.75. The second-order valence-electron chi connectivity index (χ2n) is 3.72. The summed E-state index contributed by atoms with van der Waals surface area (Å²) in [6.45, 7) is 10.6. The zero-order valence-electron chi connectivity index (χ0n) is 10.4. The third-order valence-electron chi connectivity index (χ3n) is 2.26. The molecular formula is C13H24ClN. The molecule has 1 heterocycles. The van der Waals surface area contributed by atoms with E-state index in [1.165, 1.54) is 25.1 Å². The molecule has 15 heavy (non-hydrogen) atoms. The van der Waals surface area contributed by atoms with E-state index < -0.39 is 0 Å². The van der Waals surface area contributed by atoms with Crippen molar-refractivity contribution >= 4 is 11.6 Å². The molecule has 0 unspecified atom stereocenters. The lowest BCUT2D eigenvalue weighted by Gasteiger charge is -2.27. The van der Waals surface area contributed by atoms with Crippen molar-refractivity contribution in [3.8, 4) is 0 Å². The van der Waals surface area contributed by atoms with Gasteiger partial charge in [0.2, 0.25) is 0 Å². The van der Waals surface area contributed by atoms with Gasteiger partial charge in [-0.25, -0.2) is 0 Å². The van der Waals surface area contributed by atoms with Gasteiger partial charge in [0.1, 0.15) is 0 Å². The van der Waals surface area contributed by atoms with E-state index in [9.17, 15) is 0 Å². The molecule has 0 aromatic heterocycles. The van der Waals surface area contributed by atoms with Gasteiger partial charge in [-0.3, -0.25) is 0 Å². The Labute approximate surface area is 99.6 Å². The summed E-state index contributed by atoms with van der Waals surface area (Å²) in [5, 5.41) is 4.15. The number of halogens is 1. The predicted octanol–water partition coefficient (Wildman–Crippen LogP) is 4.10. The molecule has 0 saturated carbocycles. The minimum absolute atomic E-state index is 0.836. The summed E-state index contributed by atoms with van der Waals surface area (Å²) in [6.07, 6.45) is 6.32. The molecule has 1 aliphatic rings. The van der Waals surface area contributed by atoms with Crippen LogP contribution in [-0.4, -0.2) is 13.1 Å². The normalized spacial score (nSPS) is 17.9. The molecule has 0 spiro atoms. The summed E-state index contributed by atoms with van der Waals surface area (Å²) in [6, 6.07) is 0. The summed E-state index contributed by atoms with van der Waals surface area (Å²) in [5.41, 5.74) is 1.39. The van der Waals surface area contributed by atoms with Gasteiger partial charge in [0, 0.05) is 5.03 Å². The minimum Gasteiger partial charge on any atom is -0.316 e. The smallest absolute Gasteiger partial charge is 0.0365 e. The van der Waals surface area contributed by atoms with E-state index in [0.717, 1.165) is 17.4 Å². The van der Waals surface area contributed by atoms with Crippen LogP contribution in [0.3, 0.4) is 0 Å². The summed E-state index contributed by atoms with van der Waals surface area (Å²) in [7, 11) is 0. The van der Waals surface area contributed by atoms with Crippen LogP contribution >= 0.6 is 11.6 Å². The van der Waals surface area contributed by atoms with E-state index in [2.05, 4.69) is 25.2 Å². The van der Waals surface area contributed by atoms with Gasteiger partial charge in [0.15, 0.2) is 0 Å². The summed E-state index contributed by atoms with van der Waals surface area (Å²) < 4.78 is 0. The van der Waals surface area contributed by atoms with Crippen molar-refractivity contribution in [2.24, 2.45) is 5.92 Å². The molecule has 0 aromatic rings. The minimum atomic E-state index is 0.836. The van der Waals surface area contributed by atoms with E-state index in [1.54, 1.807) is 0 Å². The first-order chi connectivity index (χ1) is 7.22. The number of hydrogen-bond donors (Lipinski definition) is 1. The molecular weight excluding hydrogens is 206 g/mol. The van der Waals surface area contributed by atoms with Gasteiger partial charge in [0.25, 0.3) is 0 Å². The van der Waals surface area contributed by atoms with Gasteiger partial charge in [-0.2, -0.15) is 0 Å². The fourth-order valence-corrected chi connectivity index (χ4v) is 1.84. The lowest BCUT2D eigenvalue weighted by molar-refractivity contribution is 0.346. The molecule has 2 heteroatoms. The van der Waals surface area contributed by atoms with Crippen molar-refractivity contribution in [3.05, 3.63) is 22.8 Å². The second-order valence-corrected chi connectivity index (χ2v) is 4.15. The Morgan fingerprint density at radius 3 is 2.40 bits per heavy atom. The van der Waals surface area contributed by atoms with E-state index in [0.29, 0.717) is 0 Å². The van der Waals surface area contributed by atoms with Crippen LogP contribution in [0.15, 0.2) is 22.8 Å². The van der Waals surface area contributed by atoms with Gasteiger partial charge in [0.05, 0.1) is 0 Å². The SMILES string of the molecule is CC.CC/C=C(Cl)\C=C(/C)CC1CNC1. The Hall–Kier alpha value is -0.270. The Kier molecular flexibility index (Phi) is 8.83. The molecule has 1 rings (SSSR count). The summed E-state index contributed by atoms with van der Waals surface area (Å²) >= 11 is 5.99. The highest BCUT2D eigenvalue weighted by Crippen LogP contribution is 2.17. The zero-order valence-corrected chi connectivity index (χ0v) is 11.2. The fraction of sp³-hybridized carbons (Fsp3) is 0.692. The van der Waals surface area contributed by atoms with Crippen LogP contribution in [-0.2, 0) is 0 Å². The molecule has 0 aromatic carbocycles. The van der Waals surface area contributed by atoms with Crippen LogP contribution in [0.1, 0.15) is 40.5 Å². The molecule has 1 nitrogen and oxygen atoms in total. The van der Waals surface area contributed by atoms with Crippen LogP contribution < -0.4 is 5.32 Å². The standard InChI is InChI=1S/C11H18ClN.C2H6/c1-3-4-11(12)6-9(2)5-10-7-13-8-10;1-2/h4,6,10,13H,3,5,7-8H2,1-2H3;1-2H3/b9-6+,11-4+;. The number of nitrogens with one attached hydrogen (secondary N) is 1. The molecule has 0 aliphatic carbocycles. The highest BCUT2D eigenvalue weighted by atomic mass is 35.5. The summed E-state index contributed by atoms with van der Waals surface area (Å²) in [5.74, 6) is 0.836. The van der Waals surface area contributed by atoms with Gasteiger partial charge >= 0.3 is 0 Å². The first-order valence-electron chi connectivity index (χ1n) is 5.96. The van der Waals surface area contributed by atoms with Gasteiger partial charge in [-0.15, -0.1) is 0 Å². The van der Waals surface area contributed by atoms with Crippen LogP contribution in [0.2, 0.25) is 0 Å². The molecule has 0 atom stereocenters. The van der Waals surface area contributed by atoms with E-state index in [1.807, 2.05) is 19.9 Å². The van der Waals surface area contributed by atoms with Crippen molar-refractivity contribution in [2.45, 2.75) is 40.5 Å². The van der Waals surface area contributed by atoms with Crippen molar-refractivity contribution in [3.63, 3.8) is 0 Å². The summed E-state index contributed by atoms with van der Waals surface area (Å²) in [4.78, 5) is 0. The molecule has 1 aliphatic heterocycles. The molecule has 88 valence electrons. The lowest BCUT2D eigenvalue weighted by atomic mass is 9.95. The van der Waals surface area contributed by atoms with Crippen molar-refractivity contribution < 1.29 is 0 Å². The topological polar surface area (TPSA) is 12.0 Å². The predicted molar refractivity (Wildman–Crippen MR) is 70.3 cm³/mol.